The SMILES string of the molecule is Cc1ccc(C(NC(=O)CN2C(=O)NC(c3ccccc3)(c3ccccc3)C2=O)C2CC2)cc1. The molecule has 2 N–H and O–H groups in total. The number of amides is 4. The number of nitrogens with zero attached hydrogens (tertiary/aromatic N) is 1. The Balaban J connectivity index is 1.40. The first-order chi connectivity index (χ1) is 16.5. The second-order valence-electron chi connectivity index (χ2n) is 9.10. The molecule has 172 valence electrons. The zero-order valence-corrected chi connectivity index (χ0v) is 19.0. The number of aryl methyl sites for hydroxylation is 1. The van der Waals surface area contributed by atoms with Crippen LogP contribution in [0, 0.1) is 12.8 Å². The summed E-state index contributed by atoms with van der Waals surface area (Å²) in [5.41, 5.74) is 2.13. The van der Waals surface area contributed by atoms with Gasteiger partial charge in [-0.25, -0.2) is 4.79 Å². The lowest BCUT2D eigenvalue weighted by molar-refractivity contribution is -0.134. The molecular formula is C28H27N3O3. The Hall–Kier alpha value is -3.93. The summed E-state index contributed by atoms with van der Waals surface area (Å²) in [4.78, 5) is 40.9. The molecule has 34 heavy (non-hydrogen) atoms. The number of benzene rings is 3. The molecule has 0 bridgehead atoms. The molecule has 1 heterocycles. The topological polar surface area (TPSA) is 78.5 Å². The van der Waals surface area contributed by atoms with Crippen molar-refractivity contribution in [3.8, 4) is 0 Å². The van der Waals surface area contributed by atoms with E-state index < -0.39 is 17.5 Å². The predicted molar refractivity (Wildman–Crippen MR) is 129 cm³/mol. The molecule has 1 aliphatic carbocycles. The molecule has 0 spiro atoms. The Labute approximate surface area is 199 Å². The van der Waals surface area contributed by atoms with Crippen molar-refractivity contribution in [3.63, 3.8) is 0 Å². The van der Waals surface area contributed by atoms with Gasteiger partial charge in [-0.2, -0.15) is 0 Å². The van der Waals surface area contributed by atoms with Crippen LogP contribution in [0.5, 0.6) is 0 Å². The van der Waals surface area contributed by atoms with E-state index in [1.807, 2.05) is 91.9 Å². The molecule has 6 heteroatoms. The Bertz CT molecular complexity index is 1170. The van der Waals surface area contributed by atoms with E-state index in [-0.39, 0.29) is 18.5 Å². The number of urea groups is 1. The van der Waals surface area contributed by atoms with Crippen molar-refractivity contribution in [2.45, 2.75) is 31.3 Å². The van der Waals surface area contributed by atoms with E-state index in [1.165, 1.54) is 0 Å². The third-order valence-electron chi connectivity index (χ3n) is 6.67. The van der Waals surface area contributed by atoms with E-state index in [2.05, 4.69) is 10.6 Å². The highest BCUT2D eigenvalue weighted by Gasteiger charge is 2.54. The number of carbonyl (C=O) groups is 3. The lowest BCUT2D eigenvalue weighted by atomic mass is 9.82. The van der Waals surface area contributed by atoms with Crippen molar-refractivity contribution < 1.29 is 14.4 Å². The number of hydrogen-bond donors (Lipinski definition) is 2. The summed E-state index contributed by atoms with van der Waals surface area (Å²) >= 11 is 0. The molecule has 0 aromatic heterocycles. The van der Waals surface area contributed by atoms with Gasteiger partial charge in [-0.3, -0.25) is 14.5 Å². The van der Waals surface area contributed by atoms with Gasteiger partial charge in [0, 0.05) is 0 Å². The molecule has 1 unspecified atom stereocenters. The molecule has 6 nitrogen and oxygen atoms in total. The molecule has 3 aromatic rings. The van der Waals surface area contributed by atoms with Crippen LogP contribution < -0.4 is 10.6 Å². The Morgan fingerprint density at radius 3 is 2.03 bits per heavy atom. The number of carbonyl (C=O) groups excluding carboxylic acids is 3. The van der Waals surface area contributed by atoms with E-state index in [4.69, 9.17) is 0 Å². The van der Waals surface area contributed by atoms with Gasteiger partial charge in [-0.05, 0) is 42.4 Å². The van der Waals surface area contributed by atoms with Crippen LogP contribution in [-0.2, 0) is 15.1 Å². The first-order valence-electron chi connectivity index (χ1n) is 11.6. The monoisotopic (exact) mass is 453 g/mol. The lowest BCUT2D eigenvalue weighted by Crippen LogP contribution is -2.46. The van der Waals surface area contributed by atoms with Gasteiger partial charge in [0.2, 0.25) is 5.91 Å². The van der Waals surface area contributed by atoms with Crippen LogP contribution in [-0.4, -0.2) is 29.3 Å². The smallest absolute Gasteiger partial charge is 0.326 e. The van der Waals surface area contributed by atoms with Crippen LogP contribution in [0.25, 0.3) is 0 Å². The average molecular weight is 454 g/mol. The number of nitrogens with one attached hydrogen (secondary N) is 2. The van der Waals surface area contributed by atoms with Crippen LogP contribution in [0.1, 0.15) is 41.1 Å². The van der Waals surface area contributed by atoms with E-state index in [1.54, 1.807) is 0 Å². The van der Waals surface area contributed by atoms with Crippen molar-refractivity contribution in [3.05, 3.63) is 107 Å². The third kappa shape index (κ3) is 3.96. The first kappa shape index (κ1) is 21.9. The normalized spacial score (nSPS) is 17.9. The minimum Gasteiger partial charge on any atom is -0.347 e. The number of rotatable bonds is 7. The fraction of sp³-hybridized carbons (Fsp3) is 0.250. The third-order valence-corrected chi connectivity index (χ3v) is 6.67. The summed E-state index contributed by atoms with van der Waals surface area (Å²) in [7, 11) is 0. The van der Waals surface area contributed by atoms with Crippen LogP contribution >= 0.6 is 0 Å². The van der Waals surface area contributed by atoms with Gasteiger partial charge in [0.1, 0.15) is 6.54 Å². The molecule has 1 atom stereocenters. The summed E-state index contributed by atoms with van der Waals surface area (Å²) in [5, 5.41) is 5.97. The van der Waals surface area contributed by atoms with E-state index in [0.717, 1.165) is 28.9 Å². The minimum atomic E-state index is -1.37. The average Bonchev–Trinajstić information content (AvgIpc) is 3.67. The summed E-state index contributed by atoms with van der Waals surface area (Å²) < 4.78 is 0. The van der Waals surface area contributed by atoms with Crippen molar-refractivity contribution in [2.75, 3.05) is 6.54 Å². The fourth-order valence-corrected chi connectivity index (χ4v) is 4.69. The van der Waals surface area contributed by atoms with E-state index in [0.29, 0.717) is 17.0 Å². The highest BCUT2D eigenvalue weighted by molar-refractivity contribution is 6.11. The van der Waals surface area contributed by atoms with Gasteiger partial charge in [0.15, 0.2) is 5.54 Å². The summed E-state index contributed by atoms with van der Waals surface area (Å²) in [6.07, 6.45) is 2.10. The molecule has 5 rings (SSSR count). The van der Waals surface area contributed by atoms with Gasteiger partial charge in [0.25, 0.3) is 5.91 Å². The van der Waals surface area contributed by atoms with Gasteiger partial charge in [-0.1, -0.05) is 90.5 Å². The predicted octanol–water partition coefficient (Wildman–Crippen LogP) is 4.06. The van der Waals surface area contributed by atoms with Crippen molar-refractivity contribution in [1.29, 1.82) is 0 Å². The summed E-state index contributed by atoms with van der Waals surface area (Å²) in [6, 6.07) is 25.7. The zero-order chi connectivity index (χ0) is 23.7. The van der Waals surface area contributed by atoms with Crippen molar-refractivity contribution in [2.24, 2.45) is 5.92 Å². The second kappa shape index (κ2) is 8.78. The maximum atomic E-state index is 13.8. The number of hydrogen-bond acceptors (Lipinski definition) is 3. The molecular weight excluding hydrogens is 426 g/mol. The summed E-state index contributed by atoms with van der Waals surface area (Å²) in [6.45, 7) is 1.69. The van der Waals surface area contributed by atoms with Crippen LogP contribution in [0.4, 0.5) is 4.79 Å². The molecule has 0 radical (unpaired) electrons. The number of imide groups is 1. The quantitative estimate of drug-likeness (QED) is 0.530. The molecule has 3 aromatic carbocycles. The van der Waals surface area contributed by atoms with Crippen LogP contribution in [0.3, 0.4) is 0 Å². The first-order valence-corrected chi connectivity index (χ1v) is 11.6. The van der Waals surface area contributed by atoms with Crippen molar-refractivity contribution in [1.82, 2.24) is 15.5 Å². The van der Waals surface area contributed by atoms with Crippen LogP contribution in [0.2, 0.25) is 0 Å². The fourth-order valence-electron chi connectivity index (χ4n) is 4.69. The standard InChI is InChI=1S/C28H27N3O3/c1-19-12-14-20(15-13-19)25(21-16-17-21)29-24(32)18-31-26(33)28(30-27(31)34,22-8-4-2-5-9-22)23-10-6-3-7-11-23/h2-15,21,25H,16-18H2,1H3,(H,29,32)(H,30,34). The molecule has 1 saturated carbocycles. The largest absolute Gasteiger partial charge is 0.347 e. The van der Waals surface area contributed by atoms with Gasteiger partial charge >= 0.3 is 6.03 Å². The van der Waals surface area contributed by atoms with E-state index in [9.17, 15) is 14.4 Å². The van der Waals surface area contributed by atoms with E-state index >= 15 is 0 Å². The van der Waals surface area contributed by atoms with Crippen LogP contribution in [0.15, 0.2) is 84.9 Å². The molecule has 2 aliphatic rings. The molecule has 2 fully saturated rings. The minimum absolute atomic E-state index is 0.123. The van der Waals surface area contributed by atoms with Gasteiger partial charge in [-0.15, -0.1) is 0 Å². The summed E-state index contributed by atoms with van der Waals surface area (Å²) in [5.74, 6) is -0.427. The highest BCUT2D eigenvalue weighted by Crippen LogP contribution is 2.41. The maximum Gasteiger partial charge on any atom is 0.326 e. The highest BCUT2D eigenvalue weighted by atomic mass is 16.2. The maximum absolute atomic E-state index is 13.8. The van der Waals surface area contributed by atoms with Crippen molar-refractivity contribution >= 4 is 17.8 Å². The molecule has 1 aliphatic heterocycles. The van der Waals surface area contributed by atoms with Gasteiger partial charge < -0.3 is 10.6 Å². The lowest BCUT2D eigenvalue weighted by Gasteiger charge is -2.28. The molecule has 4 amide bonds. The zero-order valence-electron chi connectivity index (χ0n) is 19.0. The van der Waals surface area contributed by atoms with Gasteiger partial charge in [0.05, 0.1) is 6.04 Å². The Morgan fingerprint density at radius 2 is 1.50 bits per heavy atom. The Kier molecular flexibility index (Phi) is 5.65. The second-order valence-corrected chi connectivity index (χ2v) is 9.10. The Morgan fingerprint density at radius 1 is 0.941 bits per heavy atom. The molecule has 1 saturated heterocycles.